The number of nitrogens with zero attached hydrogens (tertiary/aromatic N) is 1. The molecule has 0 unspecified atom stereocenters. The monoisotopic (exact) mass is 404 g/mol. The van der Waals surface area contributed by atoms with Crippen molar-refractivity contribution in [2.45, 2.75) is 6.92 Å². The van der Waals surface area contributed by atoms with E-state index in [0.29, 0.717) is 5.76 Å². The van der Waals surface area contributed by atoms with E-state index in [1.165, 1.54) is 0 Å². The van der Waals surface area contributed by atoms with Crippen LogP contribution in [-0.4, -0.2) is 11.1 Å². The van der Waals surface area contributed by atoms with E-state index >= 15 is 0 Å². The van der Waals surface area contributed by atoms with Gasteiger partial charge in [-0.05, 0) is 53.3 Å². The summed E-state index contributed by atoms with van der Waals surface area (Å²) in [6.45, 7) is 1.95. The number of carbonyl (C=O) groups is 1. The lowest BCUT2D eigenvalue weighted by molar-refractivity contribution is 0.101. The number of nitrogens with one attached hydrogen (secondary N) is 1. The number of rotatable bonds is 3. The van der Waals surface area contributed by atoms with Gasteiger partial charge in [-0.1, -0.05) is 35.5 Å². The van der Waals surface area contributed by atoms with E-state index in [1.807, 2.05) is 55.5 Å². The molecule has 0 saturated heterocycles. The normalized spacial score (nSPS) is 10.5. The summed E-state index contributed by atoms with van der Waals surface area (Å²) >= 11 is 2.24. The number of amides is 1. The van der Waals surface area contributed by atoms with Gasteiger partial charge in [0.05, 0.1) is 0 Å². The Morgan fingerprint density at radius 2 is 1.91 bits per heavy atom. The molecular weight excluding hydrogens is 391 g/mol. The van der Waals surface area contributed by atoms with Gasteiger partial charge in [0.15, 0.2) is 11.5 Å². The largest absolute Gasteiger partial charge is 0.355 e. The quantitative estimate of drug-likeness (QED) is 0.654. The minimum absolute atomic E-state index is 0.261. The van der Waals surface area contributed by atoms with Crippen molar-refractivity contribution in [3.8, 4) is 11.3 Å². The van der Waals surface area contributed by atoms with Crippen LogP contribution in [0.25, 0.3) is 11.3 Å². The van der Waals surface area contributed by atoms with E-state index in [0.717, 1.165) is 20.4 Å². The summed E-state index contributed by atoms with van der Waals surface area (Å²) in [4.78, 5) is 12.3. The summed E-state index contributed by atoms with van der Waals surface area (Å²) in [7, 11) is 0. The molecular formula is C17H13IN2O2. The highest BCUT2D eigenvalue weighted by Crippen LogP contribution is 2.22. The fraction of sp³-hybridized carbons (Fsp3) is 0.0588. The number of aryl methyl sites for hydroxylation is 1. The van der Waals surface area contributed by atoms with Gasteiger partial charge < -0.3 is 9.84 Å². The first kappa shape index (κ1) is 14.8. The Bertz CT molecular complexity index is 813. The third-order valence-corrected chi connectivity index (χ3v) is 3.91. The molecule has 0 radical (unpaired) electrons. The van der Waals surface area contributed by atoms with Gasteiger partial charge in [-0.3, -0.25) is 4.79 Å². The van der Waals surface area contributed by atoms with Crippen LogP contribution in [0.4, 0.5) is 5.69 Å². The number of hydrogen-bond acceptors (Lipinski definition) is 3. The molecule has 0 atom stereocenters. The third kappa shape index (κ3) is 3.19. The van der Waals surface area contributed by atoms with Crippen molar-refractivity contribution in [1.29, 1.82) is 0 Å². The van der Waals surface area contributed by atoms with Crippen LogP contribution in [0.2, 0.25) is 0 Å². The highest BCUT2D eigenvalue weighted by molar-refractivity contribution is 14.1. The Kier molecular flexibility index (Phi) is 4.24. The first-order valence-corrected chi connectivity index (χ1v) is 7.81. The number of anilines is 1. The third-order valence-electron chi connectivity index (χ3n) is 3.24. The SMILES string of the molecule is Cc1cc(I)ccc1NC(=O)c1cc(-c2ccccc2)on1. The van der Waals surface area contributed by atoms with Crippen molar-refractivity contribution in [1.82, 2.24) is 5.16 Å². The topological polar surface area (TPSA) is 55.1 Å². The van der Waals surface area contributed by atoms with Gasteiger partial charge in [-0.15, -0.1) is 0 Å². The minimum Gasteiger partial charge on any atom is -0.355 e. The molecule has 0 aliphatic carbocycles. The van der Waals surface area contributed by atoms with Crippen molar-refractivity contribution < 1.29 is 9.32 Å². The molecule has 5 heteroatoms. The summed E-state index contributed by atoms with van der Waals surface area (Å²) in [6.07, 6.45) is 0. The molecule has 4 nitrogen and oxygen atoms in total. The first-order valence-electron chi connectivity index (χ1n) is 6.73. The second-order valence-electron chi connectivity index (χ2n) is 4.86. The Morgan fingerprint density at radius 1 is 1.14 bits per heavy atom. The van der Waals surface area contributed by atoms with Gasteiger partial charge in [-0.25, -0.2) is 0 Å². The number of halogens is 1. The molecule has 1 amide bonds. The molecule has 1 aromatic heterocycles. The van der Waals surface area contributed by atoms with Crippen molar-refractivity contribution in [3.63, 3.8) is 0 Å². The van der Waals surface area contributed by atoms with Crippen LogP contribution >= 0.6 is 22.6 Å². The molecule has 0 fully saturated rings. The first-order chi connectivity index (χ1) is 10.6. The molecule has 0 aliphatic rings. The van der Waals surface area contributed by atoms with Crippen LogP contribution in [-0.2, 0) is 0 Å². The molecule has 0 aliphatic heterocycles. The Morgan fingerprint density at radius 3 is 2.64 bits per heavy atom. The molecule has 3 aromatic rings. The van der Waals surface area contributed by atoms with Gasteiger partial charge in [0.2, 0.25) is 0 Å². The molecule has 1 heterocycles. The number of hydrogen-bond donors (Lipinski definition) is 1. The zero-order valence-corrected chi connectivity index (χ0v) is 14.0. The maximum absolute atomic E-state index is 12.3. The van der Waals surface area contributed by atoms with Crippen LogP contribution in [0.15, 0.2) is 59.1 Å². The molecule has 0 bridgehead atoms. The summed E-state index contributed by atoms with van der Waals surface area (Å²) in [5.74, 6) is 0.292. The second kappa shape index (κ2) is 6.31. The zero-order valence-electron chi connectivity index (χ0n) is 11.8. The van der Waals surface area contributed by atoms with Crippen LogP contribution in [0.5, 0.6) is 0 Å². The van der Waals surface area contributed by atoms with Crippen LogP contribution < -0.4 is 5.32 Å². The van der Waals surface area contributed by atoms with Gasteiger partial charge in [0.1, 0.15) is 0 Å². The fourth-order valence-electron chi connectivity index (χ4n) is 2.07. The smallest absolute Gasteiger partial charge is 0.277 e. The van der Waals surface area contributed by atoms with Crippen molar-refractivity contribution >= 4 is 34.2 Å². The lowest BCUT2D eigenvalue weighted by Gasteiger charge is -2.06. The van der Waals surface area contributed by atoms with Crippen molar-refractivity contribution in [3.05, 3.63) is 69.4 Å². The summed E-state index contributed by atoms with van der Waals surface area (Å²) in [5, 5.41) is 6.70. The van der Waals surface area contributed by atoms with Crippen LogP contribution in [0, 0.1) is 10.5 Å². The predicted molar refractivity (Wildman–Crippen MR) is 93.8 cm³/mol. The Hall–Kier alpha value is -2.15. The maximum atomic E-state index is 12.3. The fourth-order valence-corrected chi connectivity index (χ4v) is 2.72. The van der Waals surface area contributed by atoms with E-state index < -0.39 is 0 Å². The summed E-state index contributed by atoms with van der Waals surface area (Å²) < 4.78 is 6.37. The minimum atomic E-state index is -0.282. The standard InChI is InChI=1S/C17H13IN2O2/c1-11-9-13(18)7-8-14(11)19-17(21)15-10-16(22-20-15)12-5-3-2-4-6-12/h2-10H,1H3,(H,19,21). The number of aromatic nitrogens is 1. The zero-order chi connectivity index (χ0) is 15.5. The van der Waals surface area contributed by atoms with E-state index in [9.17, 15) is 4.79 Å². The Balaban J connectivity index is 1.80. The molecule has 110 valence electrons. The second-order valence-corrected chi connectivity index (χ2v) is 6.10. The molecule has 0 spiro atoms. The van der Waals surface area contributed by atoms with Crippen LogP contribution in [0.1, 0.15) is 16.1 Å². The number of benzene rings is 2. The maximum Gasteiger partial charge on any atom is 0.277 e. The van der Waals surface area contributed by atoms with Crippen molar-refractivity contribution in [2.24, 2.45) is 0 Å². The molecule has 22 heavy (non-hydrogen) atoms. The lowest BCUT2D eigenvalue weighted by Crippen LogP contribution is -2.13. The molecule has 2 aromatic carbocycles. The highest BCUT2D eigenvalue weighted by atomic mass is 127. The average Bonchev–Trinajstić information content (AvgIpc) is 3.01. The van der Waals surface area contributed by atoms with Crippen molar-refractivity contribution in [2.75, 3.05) is 5.32 Å². The Labute approximate surface area is 141 Å². The average molecular weight is 404 g/mol. The van der Waals surface area contributed by atoms with E-state index in [1.54, 1.807) is 6.07 Å². The van der Waals surface area contributed by atoms with Crippen LogP contribution in [0.3, 0.4) is 0 Å². The van der Waals surface area contributed by atoms with E-state index in [-0.39, 0.29) is 11.6 Å². The lowest BCUT2D eigenvalue weighted by atomic mass is 10.1. The predicted octanol–water partition coefficient (Wildman–Crippen LogP) is 4.51. The molecule has 1 N–H and O–H groups in total. The van der Waals surface area contributed by atoms with Gasteiger partial charge in [0.25, 0.3) is 5.91 Å². The summed E-state index contributed by atoms with van der Waals surface area (Å²) in [6, 6.07) is 17.0. The summed E-state index contributed by atoms with van der Waals surface area (Å²) in [5.41, 5.74) is 2.93. The number of carbonyl (C=O) groups excluding carboxylic acids is 1. The van der Waals surface area contributed by atoms with E-state index in [4.69, 9.17) is 4.52 Å². The van der Waals surface area contributed by atoms with Gasteiger partial charge in [-0.2, -0.15) is 0 Å². The molecule has 3 rings (SSSR count). The highest BCUT2D eigenvalue weighted by Gasteiger charge is 2.14. The van der Waals surface area contributed by atoms with Gasteiger partial charge in [0, 0.05) is 20.9 Å². The molecule has 0 saturated carbocycles. The van der Waals surface area contributed by atoms with Gasteiger partial charge >= 0.3 is 0 Å². The van der Waals surface area contributed by atoms with E-state index in [2.05, 4.69) is 33.1 Å².